The van der Waals surface area contributed by atoms with E-state index < -0.39 is 5.97 Å². The molecule has 1 saturated carbocycles. The Labute approximate surface area is 119 Å². The Morgan fingerprint density at radius 1 is 1.30 bits per heavy atom. The zero-order valence-electron chi connectivity index (χ0n) is 11.7. The fraction of sp³-hybridized carbons (Fsp3) is 0.500. The van der Waals surface area contributed by atoms with Gasteiger partial charge in [0.1, 0.15) is 0 Å². The molecule has 1 amide bonds. The van der Waals surface area contributed by atoms with E-state index in [4.69, 9.17) is 5.11 Å². The lowest BCUT2D eigenvalue weighted by molar-refractivity contribution is -0.143. The number of aliphatic carboxylic acids is 1. The average molecular weight is 275 g/mol. The molecule has 20 heavy (non-hydrogen) atoms. The number of carbonyl (C=O) groups is 2. The quantitative estimate of drug-likeness (QED) is 0.867. The number of rotatable bonds is 5. The third-order valence-corrected chi connectivity index (χ3v) is 4.21. The molecule has 2 rings (SSSR count). The fourth-order valence-electron chi connectivity index (χ4n) is 2.88. The molecule has 0 aromatic heterocycles. The fourth-order valence-corrected chi connectivity index (χ4v) is 2.88. The molecule has 0 radical (unpaired) electrons. The highest BCUT2D eigenvalue weighted by Crippen LogP contribution is 2.31. The minimum atomic E-state index is -0.738. The Morgan fingerprint density at radius 3 is 2.65 bits per heavy atom. The summed E-state index contributed by atoms with van der Waals surface area (Å²) in [5, 5.41) is 12.0. The van der Waals surface area contributed by atoms with Crippen molar-refractivity contribution in [1.82, 2.24) is 5.32 Å². The molecule has 0 heterocycles. The first kappa shape index (κ1) is 14.6. The van der Waals surface area contributed by atoms with Crippen LogP contribution in [0.1, 0.15) is 37.7 Å². The van der Waals surface area contributed by atoms with Crippen molar-refractivity contribution in [1.29, 1.82) is 0 Å². The molecule has 3 atom stereocenters. The third kappa shape index (κ3) is 3.38. The smallest absolute Gasteiger partial charge is 0.306 e. The van der Waals surface area contributed by atoms with Crippen molar-refractivity contribution in [3.05, 3.63) is 35.9 Å². The zero-order valence-corrected chi connectivity index (χ0v) is 11.7. The number of nitrogens with one attached hydrogen (secondary N) is 1. The second-order valence-corrected chi connectivity index (χ2v) is 5.51. The van der Waals surface area contributed by atoms with E-state index in [-0.39, 0.29) is 23.7 Å². The summed E-state index contributed by atoms with van der Waals surface area (Å²) in [4.78, 5) is 23.2. The van der Waals surface area contributed by atoms with Crippen LogP contribution in [0.2, 0.25) is 0 Å². The Morgan fingerprint density at radius 2 is 2.00 bits per heavy atom. The van der Waals surface area contributed by atoms with Gasteiger partial charge in [0.05, 0.1) is 11.8 Å². The van der Waals surface area contributed by atoms with Gasteiger partial charge in [0, 0.05) is 6.54 Å². The van der Waals surface area contributed by atoms with Gasteiger partial charge in [-0.3, -0.25) is 9.59 Å². The first-order chi connectivity index (χ1) is 9.59. The van der Waals surface area contributed by atoms with E-state index in [0.29, 0.717) is 6.54 Å². The van der Waals surface area contributed by atoms with Crippen LogP contribution in [0, 0.1) is 11.8 Å². The van der Waals surface area contributed by atoms with E-state index >= 15 is 0 Å². The molecular weight excluding hydrogens is 254 g/mol. The summed E-state index contributed by atoms with van der Waals surface area (Å²) in [5.74, 6) is -1.22. The molecule has 0 bridgehead atoms. The van der Waals surface area contributed by atoms with Crippen molar-refractivity contribution in [3.8, 4) is 0 Å². The maximum atomic E-state index is 12.1. The molecule has 1 fully saturated rings. The molecule has 1 aliphatic carbocycles. The van der Waals surface area contributed by atoms with Crippen LogP contribution in [0.3, 0.4) is 0 Å². The topological polar surface area (TPSA) is 66.4 Å². The van der Waals surface area contributed by atoms with E-state index in [1.165, 1.54) is 0 Å². The first-order valence-electron chi connectivity index (χ1n) is 7.15. The molecule has 108 valence electrons. The number of carboxylic acids is 1. The molecule has 3 unspecified atom stereocenters. The van der Waals surface area contributed by atoms with Gasteiger partial charge in [-0.2, -0.15) is 0 Å². The highest BCUT2D eigenvalue weighted by molar-refractivity contribution is 5.83. The van der Waals surface area contributed by atoms with Crippen LogP contribution in [0.4, 0.5) is 0 Å². The largest absolute Gasteiger partial charge is 0.481 e. The van der Waals surface area contributed by atoms with Crippen LogP contribution in [-0.2, 0) is 9.59 Å². The van der Waals surface area contributed by atoms with Crippen LogP contribution in [0.5, 0.6) is 0 Å². The van der Waals surface area contributed by atoms with Gasteiger partial charge in [-0.25, -0.2) is 0 Å². The lowest BCUT2D eigenvalue weighted by Gasteiger charge is -2.18. The highest BCUT2D eigenvalue weighted by Gasteiger charge is 2.33. The first-order valence-corrected chi connectivity index (χ1v) is 7.15. The summed E-state index contributed by atoms with van der Waals surface area (Å²) in [5.41, 5.74) is 0.978. The number of benzene rings is 1. The number of hydrogen-bond acceptors (Lipinski definition) is 2. The van der Waals surface area contributed by atoms with E-state index in [9.17, 15) is 9.59 Å². The van der Waals surface area contributed by atoms with Crippen molar-refractivity contribution < 1.29 is 14.7 Å². The van der Waals surface area contributed by atoms with Crippen molar-refractivity contribution >= 4 is 11.9 Å². The SMILES string of the molecule is CC(C(=O)NCC1CCCC1C(=O)O)c1ccccc1. The number of amides is 1. The van der Waals surface area contributed by atoms with Gasteiger partial charge in [0.25, 0.3) is 0 Å². The van der Waals surface area contributed by atoms with Gasteiger partial charge in [0.2, 0.25) is 5.91 Å². The van der Waals surface area contributed by atoms with E-state index in [1.54, 1.807) is 0 Å². The van der Waals surface area contributed by atoms with Crippen molar-refractivity contribution in [2.45, 2.75) is 32.1 Å². The molecule has 0 spiro atoms. The monoisotopic (exact) mass is 275 g/mol. The molecule has 0 saturated heterocycles. The normalized spacial score (nSPS) is 23.2. The van der Waals surface area contributed by atoms with Gasteiger partial charge in [0.15, 0.2) is 0 Å². The molecule has 1 aliphatic rings. The second-order valence-electron chi connectivity index (χ2n) is 5.51. The molecule has 0 aliphatic heterocycles. The van der Waals surface area contributed by atoms with Crippen molar-refractivity contribution in [2.75, 3.05) is 6.54 Å². The van der Waals surface area contributed by atoms with Crippen LogP contribution in [-0.4, -0.2) is 23.5 Å². The molecule has 4 heteroatoms. The summed E-state index contributed by atoms with van der Waals surface area (Å²) in [6.07, 6.45) is 2.55. The van der Waals surface area contributed by atoms with Crippen molar-refractivity contribution in [2.24, 2.45) is 11.8 Å². The van der Waals surface area contributed by atoms with Gasteiger partial charge in [-0.15, -0.1) is 0 Å². The van der Waals surface area contributed by atoms with E-state index in [1.807, 2.05) is 37.3 Å². The summed E-state index contributed by atoms with van der Waals surface area (Å²) in [6, 6.07) is 9.61. The van der Waals surface area contributed by atoms with Gasteiger partial charge in [-0.05, 0) is 31.2 Å². The van der Waals surface area contributed by atoms with Crippen LogP contribution >= 0.6 is 0 Å². The predicted octanol–water partition coefficient (Wildman–Crippen LogP) is 2.41. The lowest BCUT2D eigenvalue weighted by atomic mass is 9.95. The Bertz CT molecular complexity index is 472. The van der Waals surface area contributed by atoms with Crippen molar-refractivity contribution in [3.63, 3.8) is 0 Å². The number of carboxylic acid groups (broad SMARTS) is 1. The van der Waals surface area contributed by atoms with Gasteiger partial charge < -0.3 is 10.4 Å². The highest BCUT2D eigenvalue weighted by atomic mass is 16.4. The summed E-state index contributed by atoms with van der Waals surface area (Å²) < 4.78 is 0. The lowest BCUT2D eigenvalue weighted by Crippen LogP contribution is -2.35. The number of hydrogen-bond donors (Lipinski definition) is 2. The Kier molecular flexibility index (Phi) is 4.77. The zero-order chi connectivity index (χ0) is 14.5. The minimum absolute atomic E-state index is 0.0350. The molecule has 4 nitrogen and oxygen atoms in total. The standard InChI is InChI=1S/C16H21NO3/c1-11(12-6-3-2-4-7-12)15(18)17-10-13-8-5-9-14(13)16(19)20/h2-4,6-7,11,13-14H,5,8-10H2,1H3,(H,17,18)(H,19,20). The second kappa shape index (κ2) is 6.55. The molecule has 1 aromatic carbocycles. The summed E-state index contributed by atoms with van der Waals surface area (Å²) >= 11 is 0. The molecular formula is C16H21NO3. The Balaban J connectivity index is 1.87. The van der Waals surface area contributed by atoms with E-state index in [2.05, 4.69) is 5.32 Å². The predicted molar refractivity (Wildman–Crippen MR) is 76.3 cm³/mol. The maximum absolute atomic E-state index is 12.1. The molecule has 1 aromatic rings. The van der Waals surface area contributed by atoms with Crippen LogP contribution in [0.25, 0.3) is 0 Å². The third-order valence-electron chi connectivity index (χ3n) is 4.21. The van der Waals surface area contributed by atoms with Gasteiger partial charge >= 0.3 is 5.97 Å². The maximum Gasteiger partial charge on any atom is 0.306 e. The van der Waals surface area contributed by atoms with E-state index in [0.717, 1.165) is 24.8 Å². The summed E-state index contributed by atoms with van der Waals surface area (Å²) in [6.45, 7) is 2.33. The van der Waals surface area contributed by atoms with Gasteiger partial charge in [-0.1, -0.05) is 36.8 Å². The van der Waals surface area contributed by atoms with Crippen LogP contribution in [0.15, 0.2) is 30.3 Å². The minimum Gasteiger partial charge on any atom is -0.481 e. The van der Waals surface area contributed by atoms with Crippen LogP contribution < -0.4 is 5.32 Å². The molecule has 2 N–H and O–H groups in total. The Hall–Kier alpha value is -1.84. The number of carbonyl (C=O) groups excluding carboxylic acids is 1. The average Bonchev–Trinajstić information content (AvgIpc) is 2.93. The summed E-state index contributed by atoms with van der Waals surface area (Å²) in [7, 11) is 0.